The highest BCUT2D eigenvalue weighted by molar-refractivity contribution is 4.87. The van der Waals surface area contributed by atoms with Crippen LogP contribution in [0.1, 0.15) is 27.2 Å². The van der Waals surface area contributed by atoms with E-state index in [4.69, 9.17) is 14.2 Å². The molecule has 0 aliphatic carbocycles. The molecule has 5 nitrogen and oxygen atoms in total. The second-order valence-corrected chi connectivity index (χ2v) is 5.35. The average molecular weight is 245 g/mol. The Balaban J connectivity index is 1.82. The Morgan fingerprint density at radius 1 is 1.47 bits per heavy atom. The second-order valence-electron chi connectivity index (χ2n) is 5.35. The number of nitrogens with one attached hydrogen (secondary N) is 1. The Kier molecular flexibility index (Phi) is 4.38. The van der Waals surface area contributed by atoms with Crippen LogP contribution in [0.2, 0.25) is 0 Å². The van der Waals surface area contributed by atoms with E-state index in [0.29, 0.717) is 25.6 Å². The lowest BCUT2D eigenvalue weighted by Crippen LogP contribution is -2.51. The lowest BCUT2D eigenvalue weighted by molar-refractivity contribution is -0.206. The van der Waals surface area contributed by atoms with Gasteiger partial charge in [-0.2, -0.15) is 0 Å². The van der Waals surface area contributed by atoms with Gasteiger partial charge in [0.1, 0.15) is 6.23 Å². The summed E-state index contributed by atoms with van der Waals surface area (Å²) in [7, 11) is 0. The highest BCUT2D eigenvalue weighted by atomic mass is 16.7. The number of hydrogen-bond acceptors (Lipinski definition) is 5. The van der Waals surface area contributed by atoms with Gasteiger partial charge in [-0.3, -0.25) is 5.32 Å². The van der Waals surface area contributed by atoms with Crippen molar-refractivity contribution in [2.24, 2.45) is 5.92 Å². The van der Waals surface area contributed by atoms with Gasteiger partial charge in [0.2, 0.25) is 0 Å². The molecule has 0 saturated carbocycles. The van der Waals surface area contributed by atoms with Gasteiger partial charge in [-0.25, -0.2) is 0 Å². The molecule has 2 rings (SSSR count). The predicted molar refractivity (Wildman–Crippen MR) is 62.4 cm³/mol. The van der Waals surface area contributed by atoms with E-state index in [2.05, 4.69) is 19.2 Å². The molecule has 0 spiro atoms. The van der Waals surface area contributed by atoms with Crippen molar-refractivity contribution >= 4 is 0 Å². The van der Waals surface area contributed by atoms with E-state index in [0.717, 1.165) is 0 Å². The molecule has 2 aliphatic heterocycles. The third-order valence-corrected chi connectivity index (χ3v) is 2.99. The number of aliphatic hydroxyl groups excluding tert-OH is 1. The Morgan fingerprint density at radius 3 is 2.76 bits per heavy atom. The Bertz CT molecular complexity index is 249. The number of ether oxygens (including phenoxy) is 3. The number of hydrogen-bond donors (Lipinski definition) is 2. The monoisotopic (exact) mass is 245 g/mol. The first-order valence-corrected chi connectivity index (χ1v) is 6.39. The van der Waals surface area contributed by atoms with E-state index >= 15 is 0 Å². The fourth-order valence-corrected chi connectivity index (χ4v) is 1.96. The van der Waals surface area contributed by atoms with Crippen LogP contribution < -0.4 is 5.32 Å². The minimum Gasteiger partial charge on any atom is -0.391 e. The quantitative estimate of drug-likeness (QED) is 0.689. The molecule has 2 saturated heterocycles. The molecule has 2 unspecified atom stereocenters. The smallest absolute Gasteiger partial charge is 0.173 e. The van der Waals surface area contributed by atoms with Crippen molar-refractivity contribution < 1.29 is 19.3 Å². The number of rotatable bonds is 5. The molecule has 0 bridgehead atoms. The molecular formula is C12H23NO4. The van der Waals surface area contributed by atoms with Crippen LogP contribution in [0.4, 0.5) is 0 Å². The topological polar surface area (TPSA) is 63.2 Å². The Hall–Kier alpha value is -0.200. The van der Waals surface area contributed by atoms with Crippen molar-refractivity contribution in [1.29, 1.82) is 0 Å². The summed E-state index contributed by atoms with van der Waals surface area (Å²) in [5.74, 6) is 0.474. The van der Waals surface area contributed by atoms with E-state index in [1.807, 2.05) is 6.92 Å². The first-order valence-electron chi connectivity index (χ1n) is 6.39. The molecule has 2 N–H and O–H groups in total. The summed E-state index contributed by atoms with van der Waals surface area (Å²) in [4.78, 5) is 0. The van der Waals surface area contributed by atoms with Gasteiger partial charge in [-0.1, -0.05) is 13.8 Å². The molecule has 17 heavy (non-hydrogen) atoms. The molecule has 2 heterocycles. The zero-order chi connectivity index (χ0) is 12.4. The summed E-state index contributed by atoms with van der Waals surface area (Å²) in [5.41, 5.74) is 0. The molecule has 5 atom stereocenters. The molecule has 0 aromatic carbocycles. The predicted octanol–water partition coefficient (Wildman–Crippen LogP) is 0.469. The SMILES string of the molecule is CC(C)CO[C@@H]1OC[C@@H](O)C[C@@H]1NC1OC1C. The zero-order valence-electron chi connectivity index (χ0n) is 10.8. The van der Waals surface area contributed by atoms with Crippen molar-refractivity contribution in [3.05, 3.63) is 0 Å². The lowest BCUT2D eigenvalue weighted by Gasteiger charge is -2.34. The Labute approximate surface area is 102 Å². The lowest BCUT2D eigenvalue weighted by atomic mass is 10.1. The first kappa shape index (κ1) is 13.2. The van der Waals surface area contributed by atoms with Crippen LogP contribution in [0.5, 0.6) is 0 Å². The fraction of sp³-hybridized carbons (Fsp3) is 1.00. The van der Waals surface area contributed by atoms with Gasteiger partial charge in [0.05, 0.1) is 31.5 Å². The maximum absolute atomic E-state index is 9.61. The molecule has 100 valence electrons. The van der Waals surface area contributed by atoms with Gasteiger partial charge in [0.25, 0.3) is 0 Å². The molecule has 0 amide bonds. The van der Waals surface area contributed by atoms with Crippen molar-refractivity contribution in [2.75, 3.05) is 13.2 Å². The number of epoxide rings is 1. The van der Waals surface area contributed by atoms with Crippen LogP contribution in [-0.2, 0) is 14.2 Å². The van der Waals surface area contributed by atoms with Crippen molar-refractivity contribution in [3.63, 3.8) is 0 Å². The normalized spacial score (nSPS) is 41.8. The molecule has 2 aliphatic rings. The van der Waals surface area contributed by atoms with Crippen LogP contribution >= 0.6 is 0 Å². The summed E-state index contributed by atoms with van der Waals surface area (Å²) >= 11 is 0. The van der Waals surface area contributed by atoms with E-state index < -0.39 is 6.10 Å². The van der Waals surface area contributed by atoms with Crippen LogP contribution in [0.15, 0.2) is 0 Å². The second kappa shape index (κ2) is 5.63. The third-order valence-electron chi connectivity index (χ3n) is 2.99. The summed E-state index contributed by atoms with van der Waals surface area (Å²) in [6.45, 7) is 7.24. The summed E-state index contributed by atoms with van der Waals surface area (Å²) in [6.07, 6.45) is 0.284. The van der Waals surface area contributed by atoms with E-state index in [1.54, 1.807) is 0 Å². The molecular weight excluding hydrogens is 222 g/mol. The van der Waals surface area contributed by atoms with Crippen LogP contribution in [0.3, 0.4) is 0 Å². The molecule has 5 heteroatoms. The van der Waals surface area contributed by atoms with Gasteiger partial charge in [0, 0.05) is 0 Å². The maximum Gasteiger partial charge on any atom is 0.173 e. The zero-order valence-corrected chi connectivity index (χ0v) is 10.8. The maximum atomic E-state index is 9.61. The van der Waals surface area contributed by atoms with Crippen LogP contribution in [0.25, 0.3) is 0 Å². The van der Waals surface area contributed by atoms with Gasteiger partial charge >= 0.3 is 0 Å². The average Bonchev–Trinajstić information content (AvgIpc) is 2.93. The van der Waals surface area contributed by atoms with Gasteiger partial charge in [-0.05, 0) is 19.3 Å². The van der Waals surface area contributed by atoms with Crippen molar-refractivity contribution in [1.82, 2.24) is 5.32 Å². The van der Waals surface area contributed by atoms with Gasteiger partial charge in [0.15, 0.2) is 6.29 Å². The standard InChI is InChI=1S/C12H23NO4/c1-7(2)5-15-12-10(4-9(14)6-16-12)13-11-8(3)17-11/h7-14H,4-6H2,1-3H3/t8?,9-,10-,11?,12+/m0/s1. The van der Waals surface area contributed by atoms with E-state index in [1.165, 1.54) is 0 Å². The molecule has 0 aromatic rings. The van der Waals surface area contributed by atoms with Crippen molar-refractivity contribution in [3.8, 4) is 0 Å². The summed E-state index contributed by atoms with van der Waals surface area (Å²) in [5, 5.41) is 12.9. The van der Waals surface area contributed by atoms with E-state index in [-0.39, 0.29) is 24.7 Å². The van der Waals surface area contributed by atoms with Crippen LogP contribution in [-0.4, -0.2) is 49.1 Å². The van der Waals surface area contributed by atoms with Crippen LogP contribution in [0, 0.1) is 5.92 Å². The molecule has 0 aromatic heterocycles. The number of aliphatic hydroxyl groups is 1. The van der Waals surface area contributed by atoms with Gasteiger partial charge in [-0.15, -0.1) is 0 Å². The fourth-order valence-electron chi connectivity index (χ4n) is 1.96. The largest absolute Gasteiger partial charge is 0.391 e. The highest BCUT2D eigenvalue weighted by Crippen LogP contribution is 2.23. The summed E-state index contributed by atoms with van der Waals surface area (Å²) < 4.78 is 16.6. The highest BCUT2D eigenvalue weighted by Gasteiger charge is 2.40. The Morgan fingerprint density at radius 2 is 2.18 bits per heavy atom. The van der Waals surface area contributed by atoms with E-state index in [9.17, 15) is 5.11 Å². The molecule has 2 fully saturated rings. The summed E-state index contributed by atoms with van der Waals surface area (Å²) in [6, 6.07) is 0.00690. The van der Waals surface area contributed by atoms with Crippen molar-refractivity contribution in [2.45, 2.75) is 58.0 Å². The molecule has 0 radical (unpaired) electrons. The third kappa shape index (κ3) is 3.89. The minimum atomic E-state index is -0.416. The first-order chi connectivity index (χ1) is 8.06. The van der Waals surface area contributed by atoms with Gasteiger partial charge < -0.3 is 19.3 Å². The minimum absolute atomic E-state index is 0.00690.